The number of aromatic nitrogens is 2. The molecule has 3 rings (SSSR count). The first-order valence-electron chi connectivity index (χ1n) is 10.6. The Morgan fingerprint density at radius 2 is 1.90 bits per heavy atom. The zero-order valence-electron chi connectivity index (χ0n) is 18.6. The van der Waals surface area contributed by atoms with E-state index in [1.165, 1.54) is 4.31 Å². The molecule has 1 aromatic heterocycles. The van der Waals surface area contributed by atoms with Gasteiger partial charge < -0.3 is 14.7 Å². The summed E-state index contributed by atoms with van der Waals surface area (Å²) in [5.74, 6) is 1.48. The summed E-state index contributed by atoms with van der Waals surface area (Å²) in [6.07, 6.45) is 1.29. The lowest BCUT2D eigenvalue weighted by molar-refractivity contribution is 0.172. The molecule has 0 saturated carbocycles. The maximum Gasteiger partial charge on any atom is 0.317 e. The third-order valence-electron chi connectivity index (χ3n) is 5.32. The van der Waals surface area contributed by atoms with Crippen LogP contribution in [0, 0.1) is 13.8 Å². The first kappa shape index (κ1) is 23.2. The summed E-state index contributed by atoms with van der Waals surface area (Å²) in [5.41, 5.74) is 1.76. The van der Waals surface area contributed by atoms with Crippen LogP contribution in [0.15, 0.2) is 27.6 Å². The lowest BCUT2D eigenvalue weighted by Crippen LogP contribution is -2.53. The number of amides is 2. The molecule has 1 aliphatic rings. The summed E-state index contributed by atoms with van der Waals surface area (Å²) in [6, 6.07) is 5.15. The van der Waals surface area contributed by atoms with Gasteiger partial charge in [0, 0.05) is 45.1 Å². The summed E-state index contributed by atoms with van der Waals surface area (Å²) in [4.78, 5) is 18.7. The SMILES string of the molecule is Cc1ccc(S(=O)(=O)N2CCN(C(=O)NCCCc3nc(C(C)C)no3)CC2)c(C)c1. The fraction of sp³-hybridized carbons (Fsp3) is 0.571. The van der Waals surface area contributed by atoms with Gasteiger partial charge in [-0.25, -0.2) is 13.2 Å². The number of piperazine rings is 1. The Balaban J connectivity index is 1.45. The number of carbonyl (C=O) groups excluding carboxylic acids is 1. The number of urea groups is 1. The van der Waals surface area contributed by atoms with E-state index in [1.807, 2.05) is 39.8 Å². The minimum atomic E-state index is -3.56. The van der Waals surface area contributed by atoms with Crippen LogP contribution in [0.1, 0.15) is 49.0 Å². The van der Waals surface area contributed by atoms with Crippen LogP contribution in [-0.2, 0) is 16.4 Å². The van der Waals surface area contributed by atoms with Gasteiger partial charge in [-0.2, -0.15) is 9.29 Å². The van der Waals surface area contributed by atoms with Crippen molar-refractivity contribution < 1.29 is 17.7 Å². The van der Waals surface area contributed by atoms with Gasteiger partial charge in [0.1, 0.15) is 0 Å². The number of sulfonamides is 1. The van der Waals surface area contributed by atoms with Gasteiger partial charge in [0.15, 0.2) is 5.82 Å². The van der Waals surface area contributed by atoms with Crippen molar-refractivity contribution in [1.82, 2.24) is 24.7 Å². The Morgan fingerprint density at radius 1 is 1.19 bits per heavy atom. The number of benzene rings is 1. The van der Waals surface area contributed by atoms with Crippen LogP contribution < -0.4 is 5.32 Å². The average Bonchev–Trinajstić information content (AvgIpc) is 3.20. The van der Waals surface area contributed by atoms with E-state index in [4.69, 9.17) is 4.52 Å². The molecular weight excluding hydrogens is 418 g/mol. The predicted molar refractivity (Wildman–Crippen MR) is 116 cm³/mol. The molecule has 10 heteroatoms. The van der Waals surface area contributed by atoms with E-state index >= 15 is 0 Å². The lowest BCUT2D eigenvalue weighted by Gasteiger charge is -2.34. The molecule has 9 nitrogen and oxygen atoms in total. The second-order valence-corrected chi connectivity index (χ2v) is 10.1. The highest BCUT2D eigenvalue weighted by Gasteiger charge is 2.31. The van der Waals surface area contributed by atoms with Crippen LogP contribution in [-0.4, -0.2) is 66.5 Å². The third kappa shape index (κ3) is 5.62. The molecule has 1 aromatic carbocycles. The van der Waals surface area contributed by atoms with Crippen molar-refractivity contribution in [1.29, 1.82) is 0 Å². The molecule has 1 N–H and O–H groups in total. The van der Waals surface area contributed by atoms with E-state index < -0.39 is 10.0 Å². The smallest absolute Gasteiger partial charge is 0.317 e. The van der Waals surface area contributed by atoms with Gasteiger partial charge in [-0.1, -0.05) is 36.7 Å². The molecule has 2 aromatic rings. The minimum absolute atomic E-state index is 0.183. The van der Waals surface area contributed by atoms with Gasteiger partial charge in [-0.15, -0.1) is 0 Å². The molecule has 1 aliphatic heterocycles. The largest absolute Gasteiger partial charge is 0.339 e. The summed E-state index contributed by atoms with van der Waals surface area (Å²) in [7, 11) is -3.56. The second kappa shape index (κ2) is 9.78. The molecule has 1 saturated heterocycles. The van der Waals surface area contributed by atoms with Gasteiger partial charge in [0.2, 0.25) is 15.9 Å². The van der Waals surface area contributed by atoms with E-state index in [-0.39, 0.29) is 25.0 Å². The molecule has 0 unspecified atom stereocenters. The Bertz CT molecular complexity index is 1010. The fourth-order valence-electron chi connectivity index (χ4n) is 3.51. The van der Waals surface area contributed by atoms with Crippen molar-refractivity contribution in [3.05, 3.63) is 41.0 Å². The summed E-state index contributed by atoms with van der Waals surface area (Å²) < 4.78 is 32.6. The Hall–Kier alpha value is -2.46. The normalized spacial score (nSPS) is 15.5. The molecule has 0 bridgehead atoms. The molecule has 1 fully saturated rings. The number of hydrogen-bond donors (Lipinski definition) is 1. The lowest BCUT2D eigenvalue weighted by atomic mass is 10.2. The molecule has 0 atom stereocenters. The van der Waals surface area contributed by atoms with Crippen molar-refractivity contribution in [2.75, 3.05) is 32.7 Å². The molecule has 31 heavy (non-hydrogen) atoms. The first-order valence-corrected chi connectivity index (χ1v) is 12.0. The van der Waals surface area contributed by atoms with Crippen LogP contribution in [0.5, 0.6) is 0 Å². The quantitative estimate of drug-likeness (QED) is 0.651. The van der Waals surface area contributed by atoms with Crippen molar-refractivity contribution in [3.8, 4) is 0 Å². The Kier molecular flexibility index (Phi) is 7.32. The number of nitrogens with zero attached hydrogens (tertiary/aromatic N) is 4. The van der Waals surface area contributed by atoms with Gasteiger partial charge >= 0.3 is 6.03 Å². The van der Waals surface area contributed by atoms with Gasteiger partial charge in [-0.05, 0) is 31.9 Å². The van der Waals surface area contributed by atoms with Gasteiger partial charge in [-0.3, -0.25) is 0 Å². The van der Waals surface area contributed by atoms with Crippen molar-refractivity contribution >= 4 is 16.1 Å². The number of aryl methyl sites for hydroxylation is 3. The van der Waals surface area contributed by atoms with Crippen molar-refractivity contribution in [2.45, 2.75) is 51.3 Å². The molecule has 2 amide bonds. The van der Waals surface area contributed by atoms with Gasteiger partial charge in [0.05, 0.1) is 4.90 Å². The highest BCUT2D eigenvalue weighted by atomic mass is 32.2. The van der Waals surface area contributed by atoms with Crippen LogP contribution in [0.25, 0.3) is 0 Å². The molecule has 0 aliphatic carbocycles. The predicted octanol–water partition coefficient (Wildman–Crippen LogP) is 2.46. The maximum absolute atomic E-state index is 13.0. The Morgan fingerprint density at radius 3 is 2.52 bits per heavy atom. The second-order valence-electron chi connectivity index (χ2n) is 8.20. The fourth-order valence-corrected chi connectivity index (χ4v) is 5.14. The van der Waals surface area contributed by atoms with Crippen LogP contribution in [0.2, 0.25) is 0 Å². The molecule has 0 radical (unpaired) electrons. The number of nitrogens with one attached hydrogen (secondary N) is 1. The van der Waals surface area contributed by atoms with E-state index in [0.29, 0.717) is 49.1 Å². The molecule has 0 spiro atoms. The summed E-state index contributed by atoms with van der Waals surface area (Å²) in [5, 5.41) is 6.81. The number of rotatable bonds is 7. The van der Waals surface area contributed by atoms with Crippen molar-refractivity contribution in [2.24, 2.45) is 0 Å². The molecule has 170 valence electrons. The molecular formula is C21H31N5O4S. The van der Waals surface area contributed by atoms with Crippen LogP contribution in [0.4, 0.5) is 4.79 Å². The summed E-state index contributed by atoms with van der Waals surface area (Å²) in [6.45, 7) is 9.51. The average molecular weight is 450 g/mol. The Labute approximate surface area is 183 Å². The van der Waals surface area contributed by atoms with E-state index in [1.54, 1.807) is 11.0 Å². The monoisotopic (exact) mass is 449 g/mol. The maximum atomic E-state index is 13.0. The third-order valence-corrected chi connectivity index (χ3v) is 7.38. The number of carbonyl (C=O) groups is 1. The number of hydrogen-bond acceptors (Lipinski definition) is 6. The minimum Gasteiger partial charge on any atom is -0.339 e. The first-order chi connectivity index (χ1) is 14.7. The van der Waals surface area contributed by atoms with E-state index in [0.717, 1.165) is 11.1 Å². The summed E-state index contributed by atoms with van der Waals surface area (Å²) >= 11 is 0. The topological polar surface area (TPSA) is 109 Å². The molecule has 2 heterocycles. The van der Waals surface area contributed by atoms with Gasteiger partial charge in [0.25, 0.3) is 0 Å². The van der Waals surface area contributed by atoms with Crippen LogP contribution >= 0.6 is 0 Å². The standard InChI is InChI=1S/C21H31N5O4S/c1-15(2)20-23-19(30-24-20)6-5-9-22-21(27)25-10-12-26(13-11-25)31(28,29)18-8-7-16(3)14-17(18)4/h7-8,14-15H,5-6,9-13H2,1-4H3,(H,22,27). The highest BCUT2D eigenvalue weighted by Crippen LogP contribution is 2.22. The zero-order chi connectivity index (χ0) is 22.6. The highest BCUT2D eigenvalue weighted by molar-refractivity contribution is 7.89. The van der Waals surface area contributed by atoms with Crippen molar-refractivity contribution in [3.63, 3.8) is 0 Å². The van der Waals surface area contributed by atoms with Crippen LogP contribution in [0.3, 0.4) is 0 Å². The van der Waals surface area contributed by atoms with E-state index in [2.05, 4.69) is 15.5 Å². The van der Waals surface area contributed by atoms with E-state index in [9.17, 15) is 13.2 Å². The zero-order valence-corrected chi connectivity index (χ0v) is 19.4.